The zero-order valence-corrected chi connectivity index (χ0v) is 20.0. The number of pyridine rings is 1. The normalized spacial score (nSPS) is 24.7. The van der Waals surface area contributed by atoms with Gasteiger partial charge in [-0.25, -0.2) is 9.97 Å². The lowest BCUT2D eigenvalue weighted by atomic mass is 10.1. The fourth-order valence-electron chi connectivity index (χ4n) is 4.75. The van der Waals surface area contributed by atoms with Crippen molar-refractivity contribution in [3.63, 3.8) is 0 Å². The van der Waals surface area contributed by atoms with Crippen molar-refractivity contribution in [2.75, 3.05) is 12.3 Å². The van der Waals surface area contributed by atoms with Gasteiger partial charge in [-0.05, 0) is 26.0 Å². The molecule has 4 atom stereocenters. The van der Waals surface area contributed by atoms with E-state index in [1.54, 1.807) is 6.07 Å². The molecule has 0 saturated carbocycles. The van der Waals surface area contributed by atoms with Crippen molar-refractivity contribution in [1.29, 1.82) is 5.26 Å². The molecule has 12 heteroatoms. The van der Waals surface area contributed by atoms with E-state index in [2.05, 4.69) is 15.0 Å². The van der Waals surface area contributed by atoms with Crippen molar-refractivity contribution < 1.29 is 24.1 Å². The number of phenols is 1. The Bertz CT molecular complexity index is 1550. The Labute approximate surface area is 209 Å². The molecule has 0 unspecified atom stereocenters. The zero-order chi connectivity index (χ0) is 25.2. The number of halogens is 1. The van der Waals surface area contributed by atoms with Crippen LogP contribution in [0.5, 0.6) is 11.5 Å². The maximum atomic E-state index is 10.6. The van der Waals surface area contributed by atoms with E-state index in [9.17, 15) is 5.11 Å². The predicted octanol–water partition coefficient (Wildman–Crippen LogP) is 3.29. The van der Waals surface area contributed by atoms with E-state index in [1.165, 1.54) is 18.6 Å². The second-order valence-electron chi connectivity index (χ2n) is 9.09. The Morgan fingerprint density at radius 1 is 1.22 bits per heavy atom. The van der Waals surface area contributed by atoms with E-state index in [0.717, 1.165) is 0 Å². The van der Waals surface area contributed by atoms with E-state index in [4.69, 9.17) is 41.5 Å². The molecule has 2 aliphatic heterocycles. The lowest BCUT2D eigenvalue weighted by Crippen LogP contribution is -2.33. The summed E-state index contributed by atoms with van der Waals surface area (Å²) >= 11 is 6.27. The largest absolute Gasteiger partial charge is 0.504 e. The Kier molecular flexibility index (Phi) is 5.17. The SMILES string of the molecule is CC1(C)O[C@@H]2[C@H](O1)[C@@H](COc1cc3ncc(C#N)c(Cl)c3cc1O)O[C@H]2n1ccc2c(N)ncnc21. The van der Waals surface area contributed by atoms with Gasteiger partial charge in [0, 0.05) is 23.8 Å². The molecular formula is C24H21ClN6O5. The summed E-state index contributed by atoms with van der Waals surface area (Å²) in [5.74, 6) is -0.389. The number of hydrogen-bond acceptors (Lipinski definition) is 10. The molecule has 2 fully saturated rings. The molecule has 5 heterocycles. The summed E-state index contributed by atoms with van der Waals surface area (Å²) in [6.07, 6.45) is 2.67. The van der Waals surface area contributed by atoms with E-state index < -0.39 is 30.3 Å². The van der Waals surface area contributed by atoms with Crippen LogP contribution in [-0.2, 0) is 14.2 Å². The van der Waals surface area contributed by atoms with E-state index in [1.807, 2.05) is 36.7 Å². The van der Waals surface area contributed by atoms with Crippen molar-refractivity contribution in [2.24, 2.45) is 0 Å². The molecule has 4 aromatic rings. The number of nitrogens with two attached hydrogens (primary N) is 1. The first kappa shape index (κ1) is 22.8. The van der Waals surface area contributed by atoms with Crippen LogP contribution >= 0.6 is 11.6 Å². The molecule has 1 aromatic carbocycles. The third-order valence-electron chi connectivity index (χ3n) is 6.35. The van der Waals surface area contributed by atoms with Gasteiger partial charge in [0.15, 0.2) is 23.5 Å². The standard InChI is InChI=1S/C24H21ClN6O5/c1-24(2)35-19-17(9-33-16-6-14-13(5-15(16)32)18(25)11(7-26)8-28-14)34-23(20(19)36-24)31-4-3-12-21(27)29-10-30-22(12)31/h3-6,8,10,17,19-20,23,32H,9H2,1-2H3,(H2,27,29,30)/t17-,19-,20-,23-/m1/s1. The number of fused-ring (bicyclic) bond motifs is 3. The Balaban J connectivity index is 1.29. The summed E-state index contributed by atoms with van der Waals surface area (Å²) in [7, 11) is 0. The second-order valence-corrected chi connectivity index (χ2v) is 9.47. The van der Waals surface area contributed by atoms with Gasteiger partial charge < -0.3 is 34.4 Å². The van der Waals surface area contributed by atoms with Crippen LogP contribution in [0.25, 0.3) is 21.9 Å². The first-order valence-electron chi connectivity index (χ1n) is 11.2. The minimum absolute atomic E-state index is 0.0660. The number of ether oxygens (including phenoxy) is 4. The number of rotatable bonds is 4. The molecule has 2 saturated heterocycles. The third kappa shape index (κ3) is 3.58. The summed E-state index contributed by atoms with van der Waals surface area (Å²) in [6.45, 7) is 3.75. The monoisotopic (exact) mass is 508 g/mol. The molecule has 0 amide bonds. The molecule has 0 radical (unpaired) electrons. The average Bonchev–Trinajstić information content (AvgIpc) is 3.50. The number of nitriles is 1. The highest BCUT2D eigenvalue weighted by molar-refractivity contribution is 6.36. The first-order valence-corrected chi connectivity index (χ1v) is 11.6. The van der Waals surface area contributed by atoms with Gasteiger partial charge in [-0.3, -0.25) is 4.98 Å². The van der Waals surface area contributed by atoms with Crippen molar-refractivity contribution in [2.45, 2.75) is 44.2 Å². The smallest absolute Gasteiger partial charge is 0.164 e. The van der Waals surface area contributed by atoms with Crippen molar-refractivity contribution in [1.82, 2.24) is 19.5 Å². The van der Waals surface area contributed by atoms with Gasteiger partial charge in [-0.2, -0.15) is 5.26 Å². The Morgan fingerprint density at radius 3 is 2.83 bits per heavy atom. The number of hydrogen-bond donors (Lipinski definition) is 2. The molecule has 36 heavy (non-hydrogen) atoms. The van der Waals surface area contributed by atoms with Gasteiger partial charge in [0.05, 0.1) is 21.5 Å². The van der Waals surface area contributed by atoms with Crippen LogP contribution in [0.15, 0.2) is 36.9 Å². The van der Waals surface area contributed by atoms with Gasteiger partial charge in [0.25, 0.3) is 0 Å². The lowest BCUT2D eigenvalue weighted by Gasteiger charge is -2.25. The Hall–Kier alpha value is -3.69. The quantitative estimate of drug-likeness (QED) is 0.420. The number of benzene rings is 1. The molecule has 2 aliphatic rings. The third-order valence-corrected chi connectivity index (χ3v) is 6.75. The van der Waals surface area contributed by atoms with Crippen LogP contribution < -0.4 is 10.5 Å². The summed E-state index contributed by atoms with van der Waals surface area (Å²) in [4.78, 5) is 12.7. The minimum Gasteiger partial charge on any atom is -0.504 e. The number of aromatic nitrogens is 4. The van der Waals surface area contributed by atoms with Gasteiger partial charge in [-0.15, -0.1) is 0 Å². The summed E-state index contributed by atoms with van der Waals surface area (Å²) in [6, 6.07) is 6.80. The fourth-order valence-corrected chi connectivity index (χ4v) is 5.00. The number of nitrogen functional groups attached to an aromatic ring is 1. The van der Waals surface area contributed by atoms with E-state index in [-0.39, 0.29) is 28.7 Å². The van der Waals surface area contributed by atoms with Crippen LogP contribution in [0.1, 0.15) is 25.6 Å². The summed E-state index contributed by atoms with van der Waals surface area (Å²) in [5.41, 5.74) is 7.32. The molecule has 184 valence electrons. The van der Waals surface area contributed by atoms with Crippen LogP contribution in [0.3, 0.4) is 0 Å². The van der Waals surface area contributed by atoms with Gasteiger partial charge in [0.2, 0.25) is 0 Å². The zero-order valence-electron chi connectivity index (χ0n) is 19.3. The van der Waals surface area contributed by atoms with E-state index >= 15 is 0 Å². The molecule has 0 spiro atoms. The van der Waals surface area contributed by atoms with Gasteiger partial charge in [0.1, 0.15) is 48.8 Å². The number of nitrogens with zero attached hydrogens (tertiary/aromatic N) is 5. The second kappa shape index (κ2) is 8.18. The lowest BCUT2D eigenvalue weighted by molar-refractivity contribution is -0.198. The molecule has 0 bridgehead atoms. The van der Waals surface area contributed by atoms with Crippen molar-refractivity contribution in [3.05, 3.63) is 47.5 Å². The maximum Gasteiger partial charge on any atom is 0.164 e. The van der Waals surface area contributed by atoms with Crippen molar-refractivity contribution in [3.8, 4) is 17.6 Å². The number of aromatic hydroxyl groups is 1. The number of phenolic OH excluding ortho intramolecular Hbond substituents is 1. The molecule has 0 aliphatic carbocycles. The molecule has 3 aromatic heterocycles. The molecular weight excluding hydrogens is 488 g/mol. The minimum atomic E-state index is -0.823. The predicted molar refractivity (Wildman–Crippen MR) is 128 cm³/mol. The highest BCUT2D eigenvalue weighted by Crippen LogP contribution is 2.44. The molecule has 11 nitrogen and oxygen atoms in total. The first-order chi connectivity index (χ1) is 17.3. The summed E-state index contributed by atoms with van der Waals surface area (Å²) < 4.78 is 26.5. The fraction of sp³-hybridized carbons (Fsp3) is 0.333. The van der Waals surface area contributed by atoms with Gasteiger partial charge >= 0.3 is 0 Å². The molecule has 3 N–H and O–H groups in total. The van der Waals surface area contributed by atoms with Crippen LogP contribution in [0, 0.1) is 11.3 Å². The highest BCUT2D eigenvalue weighted by Gasteiger charge is 2.56. The van der Waals surface area contributed by atoms with Crippen LogP contribution in [0.2, 0.25) is 5.02 Å². The maximum absolute atomic E-state index is 10.6. The topological polar surface area (TPSA) is 151 Å². The highest BCUT2D eigenvalue weighted by atomic mass is 35.5. The summed E-state index contributed by atoms with van der Waals surface area (Å²) in [5, 5.41) is 21.1. The van der Waals surface area contributed by atoms with E-state index in [0.29, 0.717) is 27.8 Å². The van der Waals surface area contributed by atoms with Gasteiger partial charge in [-0.1, -0.05) is 11.6 Å². The molecule has 6 rings (SSSR count). The Morgan fingerprint density at radius 2 is 2.03 bits per heavy atom. The van der Waals surface area contributed by atoms with Crippen molar-refractivity contribution >= 4 is 39.4 Å². The van der Waals surface area contributed by atoms with Crippen LogP contribution in [0.4, 0.5) is 5.82 Å². The van der Waals surface area contributed by atoms with Crippen LogP contribution in [-0.4, -0.2) is 55.3 Å². The average molecular weight is 509 g/mol. The number of anilines is 1.